The van der Waals surface area contributed by atoms with Gasteiger partial charge in [0.25, 0.3) is 11.8 Å². The number of likely N-dealkylation sites (tertiary alicyclic amines) is 1. The van der Waals surface area contributed by atoms with Gasteiger partial charge in [0, 0.05) is 37.3 Å². The SMILES string of the molecule is CCn1ccc(C(=O)N2CCC(c3noc(-c4ccccc4)n3)C2)n1. The van der Waals surface area contributed by atoms with Gasteiger partial charge in [0.2, 0.25) is 0 Å². The Hall–Kier alpha value is -2.96. The van der Waals surface area contributed by atoms with E-state index in [0.717, 1.165) is 18.5 Å². The van der Waals surface area contributed by atoms with Crippen molar-refractivity contribution in [2.24, 2.45) is 0 Å². The summed E-state index contributed by atoms with van der Waals surface area (Å²) >= 11 is 0. The third-order valence-corrected chi connectivity index (χ3v) is 4.49. The van der Waals surface area contributed by atoms with Gasteiger partial charge in [-0.3, -0.25) is 9.48 Å². The predicted molar refractivity (Wildman–Crippen MR) is 90.9 cm³/mol. The lowest BCUT2D eigenvalue weighted by Crippen LogP contribution is -2.29. The number of hydrogen-bond donors (Lipinski definition) is 0. The Bertz CT molecular complexity index is 870. The maximum absolute atomic E-state index is 12.6. The van der Waals surface area contributed by atoms with Gasteiger partial charge in [-0.1, -0.05) is 23.4 Å². The highest BCUT2D eigenvalue weighted by molar-refractivity contribution is 5.92. The molecule has 1 aromatic carbocycles. The Morgan fingerprint density at radius 2 is 2.12 bits per heavy atom. The highest BCUT2D eigenvalue weighted by atomic mass is 16.5. The van der Waals surface area contributed by atoms with Crippen LogP contribution in [0.25, 0.3) is 11.5 Å². The molecule has 2 aromatic heterocycles. The van der Waals surface area contributed by atoms with E-state index in [1.54, 1.807) is 10.7 Å². The zero-order valence-corrected chi connectivity index (χ0v) is 14.0. The normalized spacial score (nSPS) is 17.2. The summed E-state index contributed by atoms with van der Waals surface area (Å²) in [6, 6.07) is 11.5. The van der Waals surface area contributed by atoms with Gasteiger partial charge in [-0.15, -0.1) is 0 Å². The maximum atomic E-state index is 12.6. The van der Waals surface area contributed by atoms with E-state index in [1.165, 1.54) is 0 Å². The van der Waals surface area contributed by atoms with E-state index in [9.17, 15) is 4.79 Å². The van der Waals surface area contributed by atoms with Crippen molar-refractivity contribution in [1.82, 2.24) is 24.8 Å². The molecule has 0 saturated carbocycles. The monoisotopic (exact) mass is 337 g/mol. The number of carbonyl (C=O) groups excluding carboxylic acids is 1. The molecule has 1 aliphatic rings. The van der Waals surface area contributed by atoms with Gasteiger partial charge < -0.3 is 9.42 Å². The number of aryl methyl sites for hydroxylation is 1. The topological polar surface area (TPSA) is 77.0 Å². The first-order valence-corrected chi connectivity index (χ1v) is 8.46. The largest absolute Gasteiger partial charge is 0.336 e. The summed E-state index contributed by atoms with van der Waals surface area (Å²) in [5, 5.41) is 8.41. The van der Waals surface area contributed by atoms with Crippen LogP contribution in [0, 0.1) is 0 Å². The average molecular weight is 337 g/mol. The molecule has 1 unspecified atom stereocenters. The second-order valence-electron chi connectivity index (χ2n) is 6.12. The summed E-state index contributed by atoms with van der Waals surface area (Å²) in [6.07, 6.45) is 2.65. The van der Waals surface area contributed by atoms with Gasteiger partial charge in [-0.05, 0) is 31.5 Å². The molecule has 25 heavy (non-hydrogen) atoms. The van der Waals surface area contributed by atoms with E-state index in [4.69, 9.17) is 4.52 Å². The Labute approximate surface area is 145 Å². The fraction of sp³-hybridized carbons (Fsp3) is 0.333. The maximum Gasteiger partial charge on any atom is 0.274 e. The standard InChI is InChI=1S/C18H19N5O2/c1-2-23-11-9-15(20-23)18(24)22-10-8-14(12-22)16-19-17(25-21-16)13-6-4-3-5-7-13/h3-7,9,11,14H,2,8,10,12H2,1H3. The molecule has 7 nitrogen and oxygen atoms in total. The summed E-state index contributed by atoms with van der Waals surface area (Å²) in [6.45, 7) is 4.01. The molecule has 0 radical (unpaired) electrons. The predicted octanol–water partition coefficient (Wildman–Crippen LogP) is 2.58. The van der Waals surface area contributed by atoms with Crippen LogP contribution in [0.5, 0.6) is 0 Å². The van der Waals surface area contributed by atoms with Crippen molar-refractivity contribution in [2.45, 2.75) is 25.8 Å². The molecule has 0 aliphatic carbocycles. The lowest BCUT2D eigenvalue weighted by atomic mass is 10.1. The second-order valence-corrected chi connectivity index (χ2v) is 6.12. The zero-order chi connectivity index (χ0) is 17.2. The first kappa shape index (κ1) is 15.6. The van der Waals surface area contributed by atoms with Crippen LogP contribution in [-0.4, -0.2) is 43.8 Å². The van der Waals surface area contributed by atoms with Crippen molar-refractivity contribution in [1.29, 1.82) is 0 Å². The first-order chi connectivity index (χ1) is 12.2. The van der Waals surface area contributed by atoms with Crippen molar-refractivity contribution >= 4 is 5.91 Å². The Balaban J connectivity index is 1.46. The molecular formula is C18H19N5O2. The highest BCUT2D eigenvalue weighted by Gasteiger charge is 2.31. The first-order valence-electron chi connectivity index (χ1n) is 8.46. The number of carbonyl (C=O) groups is 1. The van der Waals surface area contributed by atoms with Gasteiger partial charge in [-0.2, -0.15) is 10.1 Å². The van der Waals surface area contributed by atoms with Gasteiger partial charge in [0.05, 0.1) is 0 Å². The molecule has 0 spiro atoms. The van der Waals surface area contributed by atoms with E-state index < -0.39 is 0 Å². The fourth-order valence-electron chi connectivity index (χ4n) is 3.07. The van der Waals surface area contributed by atoms with Gasteiger partial charge in [-0.25, -0.2) is 0 Å². The Morgan fingerprint density at radius 1 is 1.28 bits per heavy atom. The number of rotatable bonds is 4. The molecular weight excluding hydrogens is 318 g/mol. The molecule has 0 N–H and O–H groups in total. The lowest BCUT2D eigenvalue weighted by molar-refractivity contribution is 0.0783. The third-order valence-electron chi connectivity index (χ3n) is 4.49. The van der Waals surface area contributed by atoms with E-state index >= 15 is 0 Å². The molecule has 1 amide bonds. The van der Waals surface area contributed by atoms with Crippen LogP contribution in [0.15, 0.2) is 47.1 Å². The van der Waals surface area contributed by atoms with Crippen LogP contribution in [0.2, 0.25) is 0 Å². The molecule has 7 heteroatoms. The molecule has 1 aliphatic heterocycles. The minimum absolute atomic E-state index is 0.0403. The number of hydrogen-bond acceptors (Lipinski definition) is 5. The van der Waals surface area contributed by atoms with Gasteiger partial charge in [0.1, 0.15) is 5.69 Å². The van der Waals surface area contributed by atoms with E-state index in [1.807, 2.05) is 48.4 Å². The van der Waals surface area contributed by atoms with Crippen LogP contribution in [-0.2, 0) is 6.54 Å². The van der Waals surface area contributed by atoms with Crippen molar-refractivity contribution in [3.05, 3.63) is 54.1 Å². The summed E-state index contributed by atoms with van der Waals surface area (Å²) in [4.78, 5) is 18.9. The van der Waals surface area contributed by atoms with E-state index in [2.05, 4.69) is 15.2 Å². The zero-order valence-electron chi connectivity index (χ0n) is 14.0. The molecule has 3 aromatic rings. The molecule has 1 fully saturated rings. The van der Waals surface area contributed by atoms with Crippen LogP contribution in [0.3, 0.4) is 0 Å². The lowest BCUT2D eigenvalue weighted by Gasteiger charge is -2.14. The minimum Gasteiger partial charge on any atom is -0.336 e. The minimum atomic E-state index is -0.0403. The van der Waals surface area contributed by atoms with Gasteiger partial charge >= 0.3 is 0 Å². The van der Waals surface area contributed by atoms with Crippen LogP contribution in [0.4, 0.5) is 0 Å². The van der Waals surface area contributed by atoms with Crippen molar-refractivity contribution in [3.8, 4) is 11.5 Å². The molecule has 1 atom stereocenters. The quantitative estimate of drug-likeness (QED) is 0.731. The van der Waals surface area contributed by atoms with Crippen molar-refractivity contribution in [2.75, 3.05) is 13.1 Å². The van der Waals surface area contributed by atoms with E-state index in [0.29, 0.717) is 30.5 Å². The summed E-state index contributed by atoms with van der Waals surface area (Å²) < 4.78 is 7.14. The van der Waals surface area contributed by atoms with E-state index in [-0.39, 0.29) is 11.8 Å². The van der Waals surface area contributed by atoms with Crippen LogP contribution < -0.4 is 0 Å². The molecule has 1 saturated heterocycles. The van der Waals surface area contributed by atoms with Crippen molar-refractivity contribution in [3.63, 3.8) is 0 Å². The molecule has 3 heterocycles. The number of benzene rings is 1. The summed E-state index contributed by atoms with van der Waals surface area (Å²) in [5.41, 5.74) is 1.39. The van der Waals surface area contributed by atoms with Crippen molar-refractivity contribution < 1.29 is 9.32 Å². The molecule has 4 rings (SSSR count). The van der Waals surface area contributed by atoms with Gasteiger partial charge in [0.15, 0.2) is 5.82 Å². The van der Waals surface area contributed by atoms with Crippen LogP contribution in [0.1, 0.15) is 35.6 Å². The fourth-order valence-corrected chi connectivity index (χ4v) is 3.07. The summed E-state index contributed by atoms with van der Waals surface area (Å²) in [5.74, 6) is 1.23. The van der Waals surface area contributed by atoms with Crippen LogP contribution >= 0.6 is 0 Å². The smallest absolute Gasteiger partial charge is 0.274 e. The molecule has 128 valence electrons. The number of aromatic nitrogens is 4. The second kappa shape index (κ2) is 6.51. The Morgan fingerprint density at radius 3 is 2.88 bits per heavy atom. The molecule has 0 bridgehead atoms. The third kappa shape index (κ3) is 3.05. The number of amides is 1. The number of nitrogens with zero attached hydrogens (tertiary/aromatic N) is 5. The Kier molecular flexibility index (Phi) is 4.05. The average Bonchev–Trinajstić information content (AvgIpc) is 3.41. The summed E-state index contributed by atoms with van der Waals surface area (Å²) in [7, 11) is 0. The highest BCUT2D eigenvalue weighted by Crippen LogP contribution is 2.28.